The van der Waals surface area contributed by atoms with Gasteiger partial charge in [-0.2, -0.15) is 5.10 Å². The Morgan fingerprint density at radius 1 is 0.963 bits per heavy atom. The molecule has 3 aromatic rings. The molecule has 2 heterocycles. The molecule has 0 bridgehead atoms. The van der Waals surface area contributed by atoms with Crippen molar-refractivity contribution in [2.24, 2.45) is 7.05 Å². The van der Waals surface area contributed by atoms with Crippen molar-refractivity contribution in [2.75, 3.05) is 12.4 Å². The van der Waals surface area contributed by atoms with E-state index in [4.69, 9.17) is 0 Å². The third kappa shape index (κ3) is 3.23. The number of anilines is 1. The number of carbonyl (C=O) groups excluding carboxylic acids is 2. The summed E-state index contributed by atoms with van der Waals surface area (Å²) in [6.07, 6.45) is 1.56. The maximum Gasteiger partial charge on any atom is 0.261 e. The van der Waals surface area contributed by atoms with Crippen molar-refractivity contribution in [3.8, 4) is 5.82 Å². The first kappa shape index (κ1) is 18.4. The van der Waals surface area contributed by atoms with Crippen LogP contribution in [0, 0.1) is 20.8 Å². The van der Waals surface area contributed by atoms with Crippen molar-refractivity contribution in [1.29, 1.82) is 0 Å². The molecule has 0 aliphatic heterocycles. The molecule has 0 saturated carbocycles. The highest BCUT2D eigenvalue weighted by Crippen LogP contribution is 2.23. The van der Waals surface area contributed by atoms with Crippen LogP contribution in [-0.2, 0) is 7.05 Å². The lowest BCUT2D eigenvalue weighted by Crippen LogP contribution is -2.21. The smallest absolute Gasteiger partial charge is 0.261 e. The molecule has 27 heavy (non-hydrogen) atoms. The van der Waals surface area contributed by atoms with Gasteiger partial charge >= 0.3 is 0 Å². The Balaban J connectivity index is 1.99. The van der Waals surface area contributed by atoms with E-state index in [1.54, 1.807) is 36.1 Å². The predicted octanol–water partition coefficient (Wildman–Crippen LogP) is 2.75. The van der Waals surface area contributed by atoms with Crippen molar-refractivity contribution in [3.05, 3.63) is 64.6 Å². The number of hydrogen-bond donors (Lipinski definition) is 2. The first-order chi connectivity index (χ1) is 12.8. The topological polar surface area (TPSA) is 81.0 Å². The average Bonchev–Trinajstić information content (AvgIpc) is 3.17. The number of amides is 2. The Labute approximate surface area is 158 Å². The van der Waals surface area contributed by atoms with Gasteiger partial charge in [-0.15, -0.1) is 0 Å². The van der Waals surface area contributed by atoms with Gasteiger partial charge in [-0.1, -0.05) is 6.07 Å². The standard InChI is InChI=1S/C20H23N5O2/c1-12-9-10-13(2)25(12)20-16(11-22-24(20)5)19(27)23-17-8-6-7-15(14(17)3)18(26)21-4/h6-11H,1-5H3,(H,21,26)(H,23,27). The number of hydrogen-bond acceptors (Lipinski definition) is 3. The minimum atomic E-state index is -0.275. The van der Waals surface area contributed by atoms with E-state index in [-0.39, 0.29) is 11.8 Å². The Morgan fingerprint density at radius 3 is 2.26 bits per heavy atom. The van der Waals surface area contributed by atoms with Crippen LogP contribution in [0.2, 0.25) is 0 Å². The number of nitrogens with one attached hydrogen (secondary N) is 2. The minimum Gasteiger partial charge on any atom is -0.355 e. The fourth-order valence-corrected chi connectivity index (χ4v) is 3.20. The highest BCUT2D eigenvalue weighted by atomic mass is 16.2. The van der Waals surface area contributed by atoms with Gasteiger partial charge in [0.1, 0.15) is 11.4 Å². The van der Waals surface area contributed by atoms with Crippen molar-refractivity contribution in [3.63, 3.8) is 0 Å². The number of aryl methyl sites for hydroxylation is 3. The highest BCUT2D eigenvalue weighted by molar-refractivity contribution is 6.07. The lowest BCUT2D eigenvalue weighted by molar-refractivity contribution is 0.0960. The molecule has 0 atom stereocenters. The van der Waals surface area contributed by atoms with E-state index in [0.717, 1.165) is 11.4 Å². The number of aromatic nitrogens is 3. The van der Waals surface area contributed by atoms with E-state index in [1.165, 1.54) is 0 Å². The van der Waals surface area contributed by atoms with E-state index >= 15 is 0 Å². The molecule has 0 aliphatic carbocycles. The summed E-state index contributed by atoms with van der Waals surface area (Å²) in [6, 6.07) is 9.26. The van der Waals surface area contributed by atoms with Crippen LogP contribution in [0.1, 0.15) is 37.7 Å². The largest absolute Gasteiger partial charge is 0.355 e. The molecule has 2 N–H and O–H groups in total. The molecule has 0 unspecified atom stereocenters. The van der Waals surface area contributed by atoms with E-state index in [1.807, 2.05) is 44.5 Å². The molecule has 0 saturated heterocycles. The Morgan fingerprint density at radius 2 is 1.63 bits per heavy atom. The summed E-state index contributed by atoms with van der Waals surface area (Å²) in [5.41, 5.74) is 4.33. The van der Waals surface area contributed by atoms with Crippen LogP contribution < -0.4 is 10.6 Å². The summed E-state index contributed by atoms with van der Waals surface area (Å²) in [5.74, 6) is 0.236. The van der Waals surface area contributed by atoms with E-state index in [2.05, 4.69) is 15.7 Å². The molecule has 3 rings (SSSR count). The van der Waals surface area contributed by atoms with Crippen molar-refractivity contribution < 1.29 is 9.59 Å². The zero-order chi connectivity index (χ0) is 19.7. The number of nitrogens with zero attached hydrogens (tertiary/aromatic N) is 3. The fraction of sp³-hybridized carbons (Fsp3) is 0.250. The normalized spacial score (nSPS) is 10.7. The summed E-state index contributed by atoms with van der Waals surface area (Å²) < 4.78 is 3.68. The van der Waals surface area contributed by atoms with Crippen LogP contribution in [0.15, 0.2) is 36.5 Å². The molecular weight excluding hydrogens is 342 g/mol. The van der Waals surface area contributed by atoms with Gasteiger partial charge in [-0.05, 0) is 50.6 Å². The minimum absolute atomic E-state index is 0.191. The third-order valence-corrected chi connectivity index (χ3v) is 4.69. The average molecular weight is 365 g/mol. The quantitative estimate of drug-likeness (QED) is 0.746. The van der Waals surface area contributed by atoms with Gasteiger partial charge < -0.3 is 15.2 Å². The number of carbonyl (C=O) groups is 2. The molecule has 2 aromatic heterocycles. The van der Waals surface area contributed by atoms with Crippen molar-refractivity contribution >= 4 is 17.5 Å². The molecule has 1 aromatic carbocycles. The number of benzene rings is 1. The van der Waals surface area contributed by atoms with E-state index in [9.17, 15) is 9.59 Å². The molecule has 0 aliphatic rings. The van der Waals surface area contributed by atoms with Gasteiger partial charge in [0.25, 0.3) is 11.8 Å². The van der Waals surface area contributed by atoms with Gasteiger partial charge in [0.2, 0.25) is 0 Å². The second-order valence-electron chi connectivity index (χ2n) is 6.47. The van der Waals surface area contributed by atoms with E-state index < -0.39 is 0 Å². The molecule has 0 fully saturated rings. The molecule has 0 radical (unpaired) electrons. The fourth-order valence-electron chi connectivity index (χ4n) is 3.20. The van der Waals surface area contributed by atoms with E-state index in [0.29, 0.717) is 28.2 Å². The molecule has 2 amide bonds. The van der Waals surface area contributed by atoms with Gasteiger partial charge in [-0.25, -0.2) is 0 Å². The van der Waals surface area contributed by atoms with Gasteiger partial charge in [0.05, 0.1) is 6.20 Å². The van der Waals surface area contributed by atoms with Crippen LogP contribution in [0.5, 0.6) is 0 Å². The summed E-state index contributed by atoms with van der Waals surface area (Å²) in [4.78, 5) is 25.0. The molecule has 0 spiro atoms. The molecule has 7 heteroatoms. The van der Waals surface area contributed by atoms with Gasteiger partial charge in [0.15, 0.2) is 0 Å². The highest BCUT2D eigenvalue weighted by Gasteiger charge is 2.21. The van der Waals surface area contributed by atoms with Crippen LogP contribution >= 0.6 is 0 Å². The summed E-state index contributed by atoms with van der Waals surface area (Å²) >= 11 is 0. The molecular formula is C20H23N5O2. The maximum absolute atomic E-state index is 13.0. The SMILES string of the molecule is CNC(=O)c1cccc(NC(=O)c2cnn(C)c2-n2c(C)ccc2C)c1C. The Bertz CT molecular complexity index is 1010. The first-order valence-corrected chi connectivity index (χ1v) is 8.65. The van der Waals surface area contributed by atoms with Crippen LogP contribution in [0.25, 0.3) is 5.82 Å². The predicted molar refractivity (Wildman–Crippen MR) is 105 cm³/mol. The van der Waals surface area contributed by atoms with Crippen molar-refractivity contribution in [1.82, 2.24) is 19.7 Å². The molecule has 7 nitrogen and oxygen atoms in total. The maximum atomic E-state index is 13.0. The second-order valence-corrected chi connectivity index (χ2v) is 6.47. The Kier molecular flexibility index (Phi) is 4.85. The van der Waals surface area contributed by atoms with Crippen LogP contribution in [0.3, 0.4) is 0 Å². The van der Waals surface area contributed by atoms with Gasteiger partial charge in [-0.3, -0.25) is 14.3 Å². The second kappa shape index (κ2) is 7.11. The van der Waals surface area contributed by atoms with Crippen LogP contribution in [-0.4, -0.2) is 33.2 Å². The monoisotopic (exact) mass is 365 g/mol. The van der Waals surface area contributed by atoms with Crippen molar-refractivity contribution in [2.45, 2.75) is 20.8 Å². The first-order valence-electron chi connectivity index (χ1n) is 8.65. The zero-order valence-electron chi connectivity index (χ0n) is 16.1. The lowest BCUT2D eigenvalue weighted by Gasteiger charge is -2.14. The summed E-state index contributed by atoms with van der Waals surface area (Å²) in [6.45, 7) is 5.78. The van der Waals surface area contributed by atoms with Crippen LogP contribution in [0.4, 0.5) is 5.69 Å². The summed E-state index contributed by atoms with van der Waals surface area (Å²) in [7, 11) is 3.39. The molecule has 140 valence electrons. The summed E-state index contributed by atoms with van der Waals surface area (Å²) in [5, 5.41) is 9.79. The lowest BCUT2D eigenvalue weighted by atomic mass is 10.1. The number of rotatable bonds is 4. The van der Waals surface area contributed by atoms with Gasteiger partial charge in [0, 0.05) is 36.7 Å². The Hall–Kier alpha value is -3.35. The zero-order valence-corrected chi connectivity index (χ0v) is 16.1. The third-order valence-electron chi connectivity index (χ3n) is 4.69.